The van der Waals surface area contributed by atoms with Crippen molar-refractivity contribution < 1.29 is 9.53 Å². The van der Waals surface area contributed by atoms with Gasteiger partial charge in [-0.05, 0) is 65.3 Å². The van der Waals surface area contributed by atoms with Crippen LogP contribution in [-0.4, -0.2) is 5.97 Å². The van der Waals surface area contributed by atoms with E-state index in [-0.39, 0.29) is 24.4 Å². The number of carbonyl (C=O) groups excluding carboxylic acids is 1. The van der Waals surface area contributed by atoms with E-state index in [9.17, 15) is 4.79 Å². The number of hydrogen-bond acceptors (Lipinski definition) is 2. The largest absolute Gasteiger partial charge is 0.460 e. The molecule has 0 bridgehead atoms. The molecule has 0 radical (unpaired) electrons. The molecule has 2 nitrogen and oxygen atoms in total. The second kappa shape index (κ2) is 9.28. The van der Waals surface area contributed by atoms with Crippen LogP contribution in [0.15, 0.2) is 66.7 Å². The number of halogens is 1. The highest BCUT2D eigenvalue weighted by atomic mass is 35.5. The van der Waals surface area contributed by atoms with Crippen LogP contribution >= 0.6 is 11.6 Å². The van der Waals surface area contributed by atoms with Gasteiger partial charge in [0.05, 0.1) is 5.92 Å². The van der Waals surface area contributed by atoms with Crippen LogP contribution in [0.1, 0.15) is 42.0 Å². The number of carbonyl (C=O) groups is 1. The van der Waals surface area contributed by atoms with E-state index in [1.165, 1.54) is 11.1 Å². The maximum atomic E-state index is 13.0. The Labute approximate surface area is 178 Å². The molecule has 0 aliphatic carbocycles. The van der Waals surface area contributed by atoms with E-state index in [2.05, 4.69) is 38.1 Å². The Balaban J connectivity index is 1.83. The van der Waals surface area contributed by atoms with E-state index in [1.54, 1.807) is 0 Å². The second-order valence-electron chi connectivity index (χ2n) is 7.78. The van der Waals surface area contributed by atoms with E-state index in [0.29, 0.717) is 5.02 Å². The molecule has 0 aromatic heterocycles. The Morgan fingerprint density at radius 2 is 1.59 bits per heavy atom. The Morgan fingerprint density at radius 1 is 0.931 bits per heavy atom. The fourth-order valence-corrected chi connectivity index (χ4v) is 3.87. The molecule has 29 heavy (non-hydrogen) atoms. The van der Waals surface area contributed by atoms with Crippen molar-refractivity contribution in [2.24, 2.45) is 5.92 Å². The molecule has 3 aromatic rings. The summed E-state index contributed by atoms with van der Waals surface area (Å²) in [4.78, 5) is 13.0. The average molecular weight is 407 g/mol. The van der Waals surface area contributed by atoms with Gasteiger partial charge in [-0.25, -0.2) is 0 Å². The fourth-order valence-electron chi connectivity index (χ4n) is 3.74. The fraction of sp³-hybridized carbons (Fsp3) is 0.269. The van der Waals surface area contributed by atoms with Crippen molar-refractivity contribution in [2.45, 2.75) is 40.2 Å². The van der Waals surface area contributed by atoms with E-state index in [0.717, 1.165) is 22.3 Å². The third-order valence-electron chi connectivity index (χ3n) is 5.43. The van der Waals surface area contributed by atoms with E-state index in [4.69, 9.17) is 16.3 Å². The van der Waals surface area contributed by atoms with Crippen molar-refractivity contribution in [2.75, 3.05) is 0 Å². The average Bonchev–Trinajstić information content (AvgIpc) is 2.70. The summed E-state index contributed by atoms with van der Waals surface area (Å²) in [6.45, 7) is 8.50. The zero-order valence-electron chi connectivity index (χ0n) is 17.4. The lowest BCUT2D eigenvalue weighted by molar-refractivity contribution is -0.148. The standard InChI is InChI=1S/C26H27ClO2/c1-17(2)25(21-11-13-22(27)14-12-21)26(28)29-16-24-18(3)10-15-23(19(24)4)20-8-6-5-7-9-20/h5-15,17,25H,16H2,1-4H3. The van der Waals surface area contributed by atoms with Gasteiger partial charge in [0.15, 0.2) is 0 Å². The highest BCUT2D eigenvalue weighted by molar-refractivity contribution is 6.30. The molecule has 0 saturated heterocycles. The number of ether oxygens (including phenoxy) is 1. The van der Waals surface area contributed by atoms with Crippen LogP contribution in [-0.2, 0) is 16.1 Å². The van der Waals surface area contributed by atoms with Gasteiger partial charge in [-0.1, -0.05) is 80.0 Å². The number of esters is 1. The summed E-state index contributed by atoms with van der Waals surface area (Å²) in [5, 5.41) is 0.661. The summed E-state index contributed by atoms with van der Waals surface area (Å²) in [6, 6.07) is 22.0. The summed E-state index contributed by atoms with van der Waals surface area (Å²) >= 11 is 6.00. The number of hydrogen-bond donors (Lipinski definition) is 0. The van der Waals surface area contributed by atoms with Crippen molar-refractivity contribution >= 4 is 17.6 Å². The lowest BCUT2D eigenvalue weighted by Crippen LogP contribution is -2.21. The molecule has 0 fully saturated rings. The highest BCUT2D eigenvalue weighted by Gasteiger charge is 2.26. The topological polar surface area (TPSA) is 26.3 Å². The van der Waals surface area contributed by atoms with Gasteiger partial charge in [0.1, 0.15) is 6.61 Å². The van der Waals surface area contributed by atoms with Crippen LogP contribution < -0.4 is 0 Å². The molecule has 0 aliphatic rings. The van der Waals surface area contributed by atoms with Gasteiger partial charge in [-0.2, -0.15) is 0 Å². The molecule has 150 valence electrons. The van der Waals surface area contributed by atoms with Crippen LogP contribution in [0.25, 0.3) is 11.1 Å². The summed E-state index contributed by atoms with van der Waals surface area (Å²) in [7, 11) is 0. The van der Waals surface area contributed by atoms with E-state index in [1.807, 2.05) is 56.3 Å². The van der Waals surface area contributed by atoms with Crippen LogP contribution in [0, 0.1) is 19.8 Å². The molecule has 3 aromatic carbocycles. The molecule has 0 spiro atoms. The molecule has 0 heterocycles. The molecule has 1 unspecified atom stereocenters. The third kappa shape index (κ3) is 4.89. The zero-order valence-corrected chi connectivity index (χ0v) is 18.2. The van der Waals surface area contributed by atoms with Gasteiger partial charge in [-0.3, -0.25) is 4.79 Å². The Morgan fingerprint density at radius 3 is 2.21 bits per heavy atom. The van der Waals surface area contributed by atoms with Crippen molar-refractivity contribution in [1.29, 1.82) is 0 Å². The summed E-state index contributed by atoms with van der Waals surface area (Å²) in [6.07, 6.45) is 0. The molecule has 0 aliphatic heterocycles. The molecule has 3 heteroatoms. The lowest BCUT2D eigenvalue weighted by atomic mass is 9.88. The minimum atomic E-state index is -0.315. The van der Waals surface area contributed by atoms with Crippen LogP contribution in [0.5, 0.6) is 0 Å². The van der Waals surface area contributed by atoms with Crippen LogP contribution in [0.3, 0.4) is 0 Å². The Hall–Kier alpha value is -2.58. The first kappa shape index (κ1) is 21.1. The number of rotatable bonds is 6. The SMILES string of the molecule is Cc1ccc(-c2ccccc2)c(C)c1COC(=O)C(c1ccc(Cl)cc1)C(C)C. The molecule has 3 rings (SSSR count). The predicted octanol–water partition coefficient (Wildman–Crippen LogP) is 7.11. The molecule has 1 atom stereocenters. The molecular weight excluding hydrogens is 380 g/mol. The van der Waals surface area contributed by atoms with Gasteiger partial charge >= 0.3 is 5.97 Å². The Kier molecular flexibility index (Phi) is 6.76. The van der Waals surface area contributed by atoms with Crippen molar-refractivity contribution in [3.05, 3.63) is 94.0 Å². The highest BCUT2D eigenvalue weighted by Crippen LogP contribution is 2.30. The molecule has 0 amide bonds. The second-order valence-corrected chi connectivity index (χ2v) is 8.22. The van der Waals surface area contributed by atoms with Crippen molar-refractivity contribution in [3.8, 4) is 11.1 Å². The van der Waals surface area contributed by atoms with Crippen molar-refractivity contribution in [1.82, 2.24) is 0 Å². The lowest BCUT2D eigenvalue weighted by Gasteiger charge is -2.21. The van der Waals surface area contributed by atoms with Gasteiger partial charge in [0, 0.05) is 5.02 Å². The van der Waals surface area contributed by atoms with Gasteiger partial charge < -0.3 is 4.74 Å². The minimum Gasteiger partial charge on any atom is -0.460 e. The summed E-state index contributed by atoms with van der Waals surface area (Å²) in [5.74, 6) is -0.391. The van der Waals surface area contributed by atoms with Crippen molar-refractivity contribution in [3.63, 3.8) is 0 Å². The number of aryl methyl sites for hydroxylation is 1. The zero-order chi connectivity index (χ0) is 21.0. The first-order valence-electron chi connectivity index (χ1n) is 9.95. The first-order valence-corrected chi connectivity index (χ1v) is 10.3. The van der Waals surface area contributed by atoms with E-state index >= 15 is 0 Å². The third-order valence-corrected chi connectivity index (χ3v) is 5.68. The maximum Gasteiger partial charge on any atom is 0.314 e. The summed E-state index contributed by atoms with van der Waals surface area (Å²) in [5.41, 5.74) is 6.61. The van der Waals surface area contributed by atoms with Gasteiger partial charge in [0.2, 0.25) is 0 Å². The normalized spacial score (nSPS) is 12.1. The smallest absolute Gasteiger partial charge is 0.314 e. The van der Waals surface area contributed by atoms with Crippen LogP contribution in [0.4, 0.5) is 0 Å². The molecular formula is C26H27ClO2. The van der Waals surface area contributed by atoms with E-state index < -0.39 is 0 Å². The first-order chi connectivity index (χ1) is 13.9. The minimum absolute atomic E-state index is 0.126. The van der Waals surface area contributed by atoms with Gasteiger partial charge in [-0.15, -0.1) is 0 Å². The van der Waals surface area contributed by atoms with Gasteiger partial charge in [0.25, 0.3) is 0 Å². The monoisotopic (exact) mass is 406 g/mol. The molecule has 0 N–H and O–H groups in total. The molecule has 0 saturated carbocycles. The summed E-state index contributed by atoms with van der Waals surface area (Å²) < 4.78 is 5.82. The maximum absolute atomic E-state index is 13.0. The van der Waals surface area contributed by atoms with Crippen LogP contribution in [0.2, 0.25) is 5.02 Å². The quantitative estimate of drug-likeness (QED) is 0.408. The Bertz CT molecular complexity index is 976. The number of benzene rings is 3. The predicted molar refractivity (Wildman–Crippen MR) is 120 cm³/mol.